The van der Waals surface area contributed by atoms with E-state index in [9.17, 15) is 0 Å². The first-order valence-corrected chi connectivity index (χ1v) is 15.6. The summed E-state index contributed by atoms with van der Waals surface area (Å²) in [6.45, 7) is 0.758. The minimum atomic E-state index is 0.758. The van der Waals surface area contributed by atoms with Crippen molar-refractivity contribution >= 4 is 55.2 Å². The molecule has 1 aliphatic heterocycles. The number of aliphatic imine (C=N–C) groups is 2. The molecule has 0 atom stereocenters. The second kappa shape index (κ2) is 10.5. The van der Waals surface area contributed by atoms with E-state index in [0.717, 1.165) is 53.4 Å². The number of aromatic nitrogens is 2. The van der Waals surface area contributed by atoms with Gasteiger partial charge >= 0.3 is 0 Å². The van der Waals surface area contributed by atoms with Crippen LogP contribution in [0.25, 0.3) is 55.0 Å². The van der Waals surface area contributed by atoms with Gasteiger partial charge < -0.3 is 9.13 Å². The molecule has 2 aromatic heterocycles. The molecule has 0 amide bonds. The molecular weight excluding hydrogens is 548 g/mol. The third kappa shape index (κ3) is 4.21. The maximum atomic E-state index is 5.26. The van der Waals surface area contributed by atoms with Gasteiger partial charge in [0.05, 0.1) is 27.8 Å². The SMILES string of the molecule is c1cc(C2=NC(c3cccc(-n4c5ccccc5c5ccccc54)c3)=NCCC2)cc(-n2c3ccccc3c3ccccc32)c1. The molecule has 1 aliphatic rings. The molecule has 0 N–H and O–H groups in total. The maximum Gasteiger partial charge on any atom is 0.154 e. The van der Waals surface area contributed by atoms with E-state index in [2.05, 4.69) is 155 Å². The van der Waals surface area contributed by atoms with Crippen LogP contribution in [-0.2, 0) is 0 Å². The highest BCUT2D eigenvalue weighted by atomic mass is 15.0. The Morgan fingerprint density at radius 2 is 0.889 bits per heavy atom. The smallest absolute Gasteiger partial charge is 0.154 e. The third-order valence-corrected chi connectivity index (χ3v) is 9.03. The normalized spacial score (nSPS) is 13.8. The largest absolute Gasteiger partial charge is 0.309 e. The third-order valence-electron chi connectivity index (χ3n) is 9.03. The molecule has 45 heavy (non-hydrogen) atoms. The Morgan fingerprint density at radius 3 is 1.40 bits per heavy atom. The molecule has 0 bridgehead atoms. The second-order valence-electron chi connectivity index (χ2n) is 11.7. The number of hydrogen-bond donors (Lipinski definition) is 0. The van der Waals surface area contributed by atoms with E-state index in [4.69, 9.17) is 9.98 Å². The van der Waals surface area contributed by atoms with E-state index < -0.39 is 0 Å². The molecule has 0 saturated heterocycles. The van der Waals surface area contributed by atoms with Gasteiger partial charge in [0.2, 0.25) is 0 Å². The van der Waals surface area contributed by atoms with Crippen molar-refractivity contribution in [1.29, 1.82) is 0 Å². The molecule has 3 heterocycles. The van der Waals surface area contributed by atoms with Crippen LogP contribution in [0.5, 0.6) is 0 Å². The summed E-state index contributed by atoms with van der Waals surface area (Å²) < 4.78 is 4.72. The summed E-state index contributed by atoms with van der Waals surface area (Å²) in [6.07, 6.45) is 1.85. The number of rotatable bonds is 4. The molecular formula is C41H30N4. The first-order valence-electron chi connectivity index (χ1n) is 15.6. The molecule has 214 valence electrons. The summed E-state index contributed by atoms with van der Waals surface area (Å²) in [5.41, 5.74) is 10.3. The van der Waals surface area contributed by atoms with E-state index in [1.54, 1.807) is 0 Å². The van der Waals surface area contributed by atoms with Crippen LogP contribution in [0.2, 0.25) is 0 Å². The maximum absolute atomic E-state index is 5.26. The van der Waals surface area contributed by atoms with Gasteiger partial charge in [0.25, 0.3) is 0 Å². The fourth-order valence-electron chi connectivity index (χ4n) is 7.03. The monoisotopic (exact) mass is 578 g/mol. The molecule has 4 heteroatoms. The number of fused-ring (bicyclic) bond motifs is 6. The summed E-state index contributed by atoms with van der Waals surface area (Å²) in [7, 11) is 0. The topological polar surface area (TPSA) is 34.6 Å². The predicted octanol–water partition coefficient (Wildman–Crippen LogP) is 9.91. The van der Waals surface area contributed by atoms with Gasteiger partial charge in [-0.15, -0.1) is 0 Å². The van der Waals surface area contributed by atoms with Crippen molar-refractivity contribution in [2.24, 2.45) is 9.98 Å². The van der Waals surface area contributed by atoms with Crippen molar-refractivity contribution in [2.45, 2.75) is 12.8 Å². The van der Waals surface area contributed by atoms with Crippen molar-refractivity contribution in [1.82, 2.24) is 9.13 Å². The summed E-state index contributed by atoms with van der Waals surface area (Å²) in [5, 5.41) is 5.05. The Kier molecular flexibility index (Phi) is 5.98. The highest BCUT2D eigenvalue weighted by molar-refractivity contribution is 6.14. The van der Waals surface area contributed by atoms with Crippen LogP contribution in [0.15, 0.2) is 156 Å². The number of nitrogens with zero attached hydrogens (tertiary/aromatic N) is 4. The Bertz CT molecular complexity index is 2370. The number of benzene rings is 6. The highest BCUT2D eigenvalue weighted by Gasteiger charge is 2.17. The number of hydrogen-bond acceptors (Lipinski definition) is 2. The molecule has 0 aliphatic carbocycles. The minimum Gasteiger partial charge on any atom is -0.309 e. The van der Waals surface area contributed by atoms with E-state index in [-0.39, 0.29) is 0 Å². The lowest BCUT2D eigenvalue weighted by Gasteiger charge is -2.12. The lowest BCUT2D eigenvalue weighted by Crippen LogP contribution is -2.06. The minimum absolute atomic E-state index is 0.758. The molecule has 6 aromatic carbocycles. The van der Waals surface area contributed by atoms with Crippen LogP contribution < -0.4 is 0 Å². The van der Waals surface area contributed by atoms with Crippen LogP contribution in [0.1, 0.15) is 24.0 Å². The average molecular weight is 579 g/mol. The molecule has 8 aromatic rings. The zero-order chi connectivity index (χ0) is 29.7. The van der Waals surface area contributed by atoms with Gasteiger partial charge in [0.15, 0.2) is 5.84 Å². The molecule has 0 unspecified atom stereocenters. The van der Waals surface area contributed by atoms with Gasteiger partial charge in [-0.05, 0) is 66.9 Å². The lowest BCUT2D eigenvalue weighted by molar-refractivity contribution is 0.888. The average Bonchev–Trinajstić information content (AvgIpc) is 3.49. The summed E-state index contributed by atoms with van der Waals surface area (Å²) in [4.78, 5) is 10.2. The molecule has 0 radical (unpaired) electrons. The Morgan fingerprint density at radius 1 is 0.444 bits per heavy atom. The highest BCUT2D eigenvalue weighted by Crippen LogP contribution is 2.34. The lowest BCUT2D eigenvalue weighted by atomic mass is 10.0. The van der Waals surface area contributed by atoms with Gasteiger partial charge in [0, 0.05) is 45.0 Å². The Hall–Kier alpha value is -5.74. The fourth-order valence-corrected chi connectivity index (χ4v) is 7.03. The van der Waals surface area contributed by atoms with E-state index in [0.29, 0.717) is 0 Å². The van der Waals surface area contributed by atoms with Gasteiger partial charge in [-0.1, -0.05) is 97.1 Å². The molecule has 0 fully saturated rings. The zero-order valence-electron chi connectivity index (χ0n) is 24.8. The second-order valence-corrected chi connectivity index (χ2v) is 11.7. The van der Waals surface area contributed by atoms with Gasteiger partial charge in [0.1, 0.15) is 0 Å². The van der Waals surface area contributed by atoms with Gasteiger partial charge in [-0.2, -0.15) is 0 Å². The molecule has 0 saturated carbocycles. The van der Waals surface area contributed by atoms with Gasteiger partial charge in [-0.3, -0.25) is 4.99 Å². The van der Waals surface area contributed by atoms with Crippen molar-refractivity contribution in [3.63, 3.8) is 0 Å². The van der Waals surface area contributed by atoms with Crippen LogP contribution in [0.4, 0.5) is 0 Å². The van der Waals surface area contributed by atoms with Crippen molar-refractivity contribution in [2.75, 3.05) is 6.54 Å². The zero-order valence-corrected chi connectivity index (χ0v) is 24.8. The Balaban J connectivity index is 1.14. The number of para-hydroxylation sites is 4. The van der Waals surface area contributed by atoms with Crippen LogP contribution in [-0.4, -0.2) is 27.2 Å². The summed E-state index contributed by atoms with van der Waals surface area (Å²) in [6, 6.07) is 52.1. The van der Waals surface area contributed by atoms with Crippen molar-refractivity contribution < 1.29 is 0 Å². The van der Waals surface area contributed by atoms with E-state index >= 15 is 0 Å². The molecule has 9 rings (SSSR count). The van der Waals surface area contributed by atoms with E-state index in [1.807, 2.05) is 0 Å². The van der Waals surface area contributed by atoms with Crippen molar-refractivity contribution in [3.05, 3.63) is 157 Å². The van der Waals surface area contributed by atoms with Gasteiger partial charge in [-0.25, -0.2) is 4.99 Å². The van der Waals surface area contributed by atoms with Crippen LogP contribution in [0.3, 0.4) is 0 Å². The summed E-state index contributed by atoms with van der Waals surface area (Å²) in [5.74, 6) is 0.799. The summed E-state index contributed by atoms with van der Waals surface area (Å²) >= 11 is 0. The molecule has 0 spiro atoms. The first kappa shape index (κ1) is 25.7. The number of amidine groups is 1. The fraction of sp³-hybridized carbons (Fsp3) is 0.0732. The van der Waals surface area contributed by atoms with E-state index in [1.165, 1.54) is 43.6 Å². The van der Waals surface area contributed by atoms with Crippen molar-refractivity contribution in [3.8, 4) is 11.4 Å². The standard InChI is InChI=1S/C41H30N4/c1-5-21-37-32(16-1)33-17-2-6-22-38(33)44(37)30-14-9-12-28(26-30)36-20-11-25-42-41(43-36)29-13-10-15-31(27-29)45-39-23-7-3-18-34(39)35-19-4-8-24-40(35)45/h1-10,12-19,21-24,26-27H,11,20,25H2. The molecule has 4 nitrogen and oxygen atoms in total. The van der Waals surface area contributed by atoms with Crippen LogP contribution >= 0.6 is 0 Å². The van der Waals surface area contributed by atoms with Crippen LogP contribution in [0, 0.1) is 0 Å². The Labute approximate surface area is 261 Å². The predicted molar refractivity (Wildman–Crippen MR) is 189 cm³/mol. The first-order chi connectivity index (χ1) is 22.3. The quantitative estimate of drug-likeness (QED) is 0.199.